The molecule has 39 heavy (non-hydrogen) atoms. The number of thiol groups is 1. The Bertz CT molecular complexity index is 1180. The van der Waals surface area contributed by atoms with Crippen LogP contribution in [0.5, 0.6) is 0 Å². The van der Waals surface area contributed by atoms with Crippen molar-refractivity contribution >= 4 is 53.2 Å². The number of aromatic amines is 1. The first-order chi connectivity index (χ1) is 18.4. The molecule has 14 nitrogen and oxygen atoms in total. The fraction of sp³-hybridized carbons (Fsp3) is 0.458. The van der Waals surface area contributed by atoms with E-state index in [1.165, 1.54) is 6.92 Å². The fourth-order valence-electron chi connectivity index (χ4n) is 3.72. The van der Waals surface area contributed by atoms with E-state index in [0.29, 0.717) is 0 Å². The number of carbonyl (C=O) groups excluding carboxylic acids is 3. The molecule has 3 amide bonds. The molecule has 0 saturated heterocycles. The number of carboxylic acids is 1. The summed E-state index contributed by atoms with van der Waals surface area (Å²) in [5.41, 5.74) is 17.8. The SMILES string of the molecule is CC(O)C(N)C(=O)NC(Cc1c[nH]c2ccccc12)C(=O)NC(CS)C(=O)NC(CCCN=C(N)N)C(=O)O. The van der Waals surface area contributed by atoms with Crippen molar-refractivity contribution < 1.29 is 29.4 Å². The number of amides is 3. The van der Waals surface area contributed by atoms with Crippen LogP contribution in [0.25, 0.3) is 10.9 Å². The third kappa shape index (κ3) is 9.46. The maximum absolute atomic E-state index is 13.3. The lowest BCUT2D eigenvalue weighted by molar-refractivity contribution is -0.142. The Morgan fingerprint density at radius 1 is 1.03 bits per heavy atom. The molecule has 2 rings (SSSR count). The molecule has 1 aromatic carbocycles. The molecule has 214 valence electrons. The van der Waals surface area contributed by atoms with E-state index in [9.17, 15) is 29.4 Å². The number of fused-ring (bicyclic) bond motifs is 1. The number of guanidine groups is 1. The van der Waals surface area contributed by atoms with Crippen LogP contribution >= 0.6 is 12.6 Å². The number of para-hydroxylation sites is 1. The van der Waals surface area contributed by atoms with E-state index in [1.54, 1.807) is 6.20 Å². The van der Waals surface area contributed by atoms with E-state index in [0.717, 1.165) is 16.5 Å². The molecule has 0 aliphatic rings. The molecule has 1 aromatic heterocycles. The molecule has 5 atom stereocenters. The molecule has 2 aromatic rings. The Kier molecular flexibility index (Phi) is 12.0. The number of nitrogens with one attached hydrogen (secondary N) is 4. The third-order valence-electron chi connectivity index (χ3n) is 5.93. The normalized spacial score (nSPS) is 14.9. The van der Waals surface area contributed by atoms with E-state index in [1.807, 2.05) is 24.3 Å². The summed E-state index contributed by atoms with van der Waals surface area (Å²) in [6, 6.07) is 2.45. The van der Waals surface area contributed by atoms with E-state index < -0.39 is 54.0 Å². The zero-order valence-corrected chi connectivity index (χ0v) is 22.4. The van der Waals surface area contributed by atoms with Crippen LogP contribution in [-0.4, -0.2) is 87.4 Å². The molecule has 5 unspecified atom stereocenters. The van der Waals surface area contributed by atoms with Gasteiger partial charge >= 0.3 is 5.97 Å². The summed E-state index contributed by atoms with van der Waals surface area (Å²) in [7, 11) is 0. The van der Waals surface area contributed by atoms with Gasteiger partial charge in [-0.25, -0.2) is 4.79 Å². The molecule has 0 fully saturated rings. The van der Waals surface area contributed by atoms with E-state index in [2.05, 4.69) is 38.6 Å². The quantitative estimate of drug-likeness (QED) is 0.0493. The van der Waals surface area contributed by atoms with Gasteiger partial charge in [-0.05, 0) is 31.4 Å². The topological polar surface area (TPSA) is 251 Å². The highest BCUT2D eigenvalue weighted by Crippen LogP contribution is 2.19. The summed E-state index contributed by atoms with van der Waals surface area (Å²) < 4.78 is 0. The maximum Gasteiger partial charge on any atom is 0.326 e. The minimum Gasteiger partial charge on any atom is -0.480 e. The predicted octanol–water partition coefficient (Wildman–Crippen LogP) is -2.06. The lowest BCUT2D eigenvalue weighted by Gasteiger charge is -2.25. The van der Waals surface area contributed by atoms with Crippen molar-refractivity contribution in [2.45, 2.75) is 56.5 Å². The number of rotatable bonds is 15. The molecule has 0 bridgehead atoms. The number of hydrogen-bond acceptors (Lipinski definition) is 8. The number of aliphatic imine (C=N–C) groups is 1. The van der Waals surface area contributed by atoms with Gasteiger partial charge in [0, 0.05) is 35.8 Å². The lowest BCUT2D eigenvalue weighted by Crippen LogP contribution is -2.59. The van der Waals surface area contributed by atoms with Crippen LogP contribution in [-0.2, 0) is 25.6 Å². The highest BCUT2D eigenvalue weighted by atomic mass is 32.1. The van der Waals surface area contributed by atoms with Crippen molar-refractivity contribution in [3.05, 3.63) is 36.0 Å². The molecule has 0 radical (unpaired) electrons. The number of aliphatic hydroxyl groups excluding tert-OH is 1. The number of nitrogens with zero attached hydrogens (tertiary/aromatic N) is 1. The van der Waals surface area contributed by atoms with Crippen molar-refractivity contribution in [3.63, 3.8) is 0 Å². The molecule has 1 heterocycles. The van der Waals surface area contributed by atoms with Gasteiger partial charge in [0.05, 0.1) is 6.10 Å². The van der Waals surface area contributed by atoms with E-state index in [4.69, 9.17) is 17.2 Å². The number of carboxylic acid groups (broad SMARTS) is 1. The second-order valence-corrected chi connectivity index (χ2v) is 9.35. The van der Waals surface area contributed by atoms with Crippen molar-refractivity contribution in [3.8, 4) is 0 Å². The van der Waals surface area contributed by atoms with Crippen LogP contribution < -0.4 is 33.2 Å². The second kappa shape index (κ2) is 14.9. The minimum absolute atomic E-state index is 0.0393. The van der Waals surface area contributed by atoms with Crippen LogP contribution in [0.3, 0.4) is 0 Å². The number of aliphatic hydroxyl groups is 1. The third-order valence-corrected chi connectivity index (χ3v) is 6.29. The van der Waals surface area contributed by atoms with Gasteiger partial charge in [0.25, 0.3) is 0 Å². The van der Waals surface area contributed by atoms with Crippen LogP contribution in [0.4, 0.5) is 0 Å². The van der Waals surface area contributed by atoms with Gasteiger partial charge in [-0.1, -0.05) is 18.2 Å². The average molecular weight is 565 g/mol. The Labute approximate surface area is 230 Å². The molecule has 15 heteroatoms. The van der Waals surface area contributed by atoms with Crippen molar-refractivity contribution in [2.24, 2.45) is 22.2 Å². The summed E-state index contributed by atoms with van der Waals surface area (Å²) >= 11 is 4.13. The summed E-state index contributed by atoms with van der Waals surface area (Å²) in [6.45, 7) is 1.52. The first-order valence-electron chi connectivity index (χ1n) is 12.2. The zero-order chi connectivity index (χ0) is 29.1. The Balaban J connectivity index is 2.17. The summed E-state index contributed by atoms with van der Waals surface area (Å²) in [4.78, 5) is 57.3. The van der Waals surface area contributed by atoms with Gasteiger partial charge in [0.2, 0.25) is 17.7 Å². The highest BCUT2D eigenvalue weighted by Gasteiger charge is 2.31. The number of H-pyrrole nitrogens is 1. The molecule has 0 aliphatic heterocycles. The Morgan fingerprint density at radius 3 is 2.26 bits per heavy atom. The molecule has 0 aliphatic carbocycles. The molecule has 0 saturated carbocycles. The fourth-order valence-corrected chi connectivity index (χ4v) is 3.97. The van der Waals surface area contributed by atoms with Crippen LogP contribution in [0.2, 0.25) is 0 Å². The highest BCUT2D eigenvalue weighted by molar-refractivity contribution is 7.80. The summed E-state index contributed by atoms with van der Waals surface area (Å²) in [5.74, 6) is -3.81. The van der Waals surface area contributed by atoms with Gasteiger partial charge in [0.15, 0.2) is 5.96 Å². The van der Waals surface area contributed by atoms with E-state index in [-0.39, 0.29) is 37.5 Å². The molecule has 0 spiro atoms. The van der Waals surface area contributed by atoms with Crippen LogP contribution in [0.1, 0.15) is 25.3 Å². The Hall–Kier alpha value is -3.82. The predicted molar refractivity (Wildman–Crippen MR) is 149 cm³/mol. The molecular weight excluding hydrogens is 528 g/mol. The van der Waals surface area contributed by atoms with Gasteiger partial charge in [-0.3, -0.25) is 19.4 Å². The lowest BCUT2D eigenvalue weighted by atomic mass is 10.0. The van der Waals surface area contributed by atoms with Crippen LogP contribution in [0.15, 0.2) is 35.5 Å². The molecular formula is C24H36N8O6S. The van der Waals surface area contributed by atoms with Gasteiger partial charge in [-0.15, -0.1) is 0 Å². The number of benzene rings is 1. The summed E-state index contributed by atoms with van der Waals surface area (Å²) in [5, 5.41) is 27.5. The average Bonchev–Trinajstić information content (AvgIpc) is 3.30. The smallest absolute Gasteiger partial charge is 0.326 e. The van der Waals surface area contributed by atoms with Gasteiger partial charge in [0.1, 0.15) is 24.2 Å². The standard InChI is InChI=1S/C24H36N8O6S/c1-12(33)19(25)22(36)31-17(9-13-10-29-15-6-3-2-5-14(13)15)20(34)32-18(11-39)21(35)30-16(23(37)38)7-4-8-28-24(26)27/h2-3,5-6,10,12,16-19,29,33,39H,4,7-9,11,25H2,1H3,(H,30,35)(H,31,36)(H,32,34)(H,37,38)(H4,26,27,28). The van der Waals surface area contributed by atoms with Crippen molar-refractivity contribution in [1.29, 1.82) is 0 Å². The largest absolute Gasteiger partial charge is 0.480 e. The number of nitrogens with two attached hydrogens (primary N) is 3. The first kappa shape index (κ1) is 31.4. The first-order valence-corrected chi connectivity index (χ1v) is 12.9. The number of carbonyl (C=O) groups is 4. The van der Waals surface area contributed by atoms with Gasteiger partial charge < -0.3 is 48.3 Å². The van der Waals surface area contributed by atoms with Crippen molar-refractivity contribution in [2.75, 3.05) is 12.3 Å². The van der Waals surface area contributed by atoms with E-state index >= 15 is 0 Å². The van der Waals surface area contributed by atoms with Gasteiger partial charge in [-0.2, -0.15) is 12.6 Å². The monoisotopic (exact) mass is 564 g/mol. The molecule has 12 N–H and O–H groups in total. The van der Waals surface area contributed by atoms with Crippen LogP contribution in [0, 0.1) is 0 Å². The Morgan fingerprint density at radius 2 is 1.64 bits per heavy atom. The number of hydrogen-bond donors (Lipinski definition) is 10. The number of aromatic nitrogens is 1. The number of aliphatic carboxylic acids is 1. The summed E-state index contributed by atoms with van der Waals surface area (Å²) in [6.07, 6.45) is 0.903. The second-order valence-electron chi connectivity index (χ2n) is 8.98. The van der Waals surface area contributed by atoms with Crippen molar-refractivity contribution in [1.82, 2.24) is 20.9 Å². The zero-order valence-electron chi connectivity index (χ0n) is 21.5. The minimum atomic E-state index is -1.29. The maximum atomic E-state index is 13.3.